The number of fused-ring (bicyclic) bond motifs is 1. The molecule has 1 aromatic heterocycles. The lowest BCUT2D eigenvalue weighted by atomic mass is 10.0. The Kier molecular flexibility index (Phi) is 5.57. The number of anilines is 2. The van der Waals surface area contributed by atoms with E-state index in [1.54, 1.807) is 41.8 Å². The average molecular weight is 467 g/mol. The number of rotatable bonds is 4. The highest BCUT2D eigenvalue weighted by molar-refractivity contribution is 7.94. The summed E-state index contributed by atoms with van der Waals surface area (Å²) in [6.07, 6.45) is 1.53. The van der Waals surface area contributed by atoms with Crippen molar-refractivity contribution in [2.45, 2.75) is 17.1 Å². The van der Waals surface area contributed by atoms with Crippen molar-refractivity contribution in [2.75, 3.05) is 16.2 Å². The first-order valence-corrected chi connectivity index (χ1v) is 11.9. The van der Waals surface area contributed by atoms with Gasteiger partial charge in [0.05, 0.1) is 15.7 Å². The minimum Gasteiger partial charge on any atom is -0.322 e. The molecule has 29 heavy (non-hydrogen) atoms. The summed E-state index contributed by atoms with van der Waals surface area (Å²) in [6, 6.07) is 13.3. The summed E-state index contributed by atoms with van der Waals surface area (Å²) in [7, 11) is -3.63. The fourth-order valence-electron chi connectivity index (χ4n) is 3.23. The molecule has 0 radical (unpaired) electrons. The molecule has 0 atom stereocenters. The summed E-state index contributed by atoms with van der Waals surface area (Å²) in [5.74, 6) is -0.355. The summed E-state index contributed by atoms with van der Waals surface area (Å²) < 4.78 is 27.8. The number of nitrogens with one attached hydrogen (secondary N) is 1. The van der Waals surface area contributed by atoms with Crippen molar-refractivity contribution in [3.8, 4) is 0 Å². The number of nitrogens with zero attached hydrogens (tertiary/aromatic N) is 1. The lowest BCUT2D eigenvalue weighted by molar-refractivity contribution is 0.102. The molecule has 0 saturated heterocycles. The number of hydrogen-bond donors (Lipinski definition) is 1. The highest BCUT2D eigenvalue weighted by atomic mass is 35.5. The highest BCUT2D eigenvalue weighted by Gasteiger charge is 2.30. The van der Waals surface area contributed by atoms with Gasteiger partial charge in [-0.25, -0.2) is 8.42 Å². The van der Waals surface area contributed by atoms with Crippen molar-refractivity contribution in [3.63, 3.8) is 0 Å². The van der Waals surface area contributed by atoms with Gasteiger partial charge in [-0.05, 0) is 60.2 Å². The minimum absolute atomic E-state index is 0.290. The van der Waals surface area contributed by atoms with Gasteiger partial charge in [0, 0.05) is 17.8 Å². The third kappa shape index (κ3) is 4.00. The van der Waals surface area contributed by atoms with Gasteiger partial charge in [0.15, 0.2) is 0 Å². The van der Waals surface area contributed by atoms with Gasteiger partial charge in [-0.1, -0.05) is 35.3 Å². The van der Waals surface area contributed by atoms with Crippen molar-refractivity contribution in [1.82, 2.24) is 0 Å². The summed E-state index contributed by atoms with van der Waals surface area (Å²) in [5, 5.41) is 5.20. The summed E-state index contributed by atoms with van der Waals surface area (Å²) in [4.78, 5) is 12.6. The van der Waals surface area contributed by atoms with Gasteiger partial charge in [-0.3, -0.25) is 9.10 Å². The van der Waals surface area contributed by atoms with Crippen molar-refractivity contribution in [2.24, 2.45) is 0 Å². The van der Waals surface area contributed by atoms with Crippen LogP contribution in [0.5, 0.6) is 0 Å². The summed E-state index contributed by atoms with van der Waals surface area (Å²) in [6.45, 7) is 0.400. The van der Waals surface area contributed by atoms with Gasteiger partial charge in [0.25, 0.3) is 15.9 Å². The largest absolute Gasteiger partial charge is 0.322 e. The third-order valence-corrected chi connectivity index (χ3v) is 8.57. The number of carbonyl (C=O) groups is 1. The van der Waals surface area contributed by atoms with Crippen LogP contribution in [0, 0.1) is 0 Å². The second-order valence-electron chi connectivity index (χ2n) is 6.54. The fourth-order valence-corrected chi connectivity index (χ4v) is 6.16. The van der Waals surface area contributed by atoms with Crippen LogP contribution in [0.2, 0.25) is 10.0 Å². The quantitative estimate of drug-likeness (QED) is 0.555. The Labute approximate surface area is 182 Å². The Bertz CT molecular complexity index is 1180. The van der Waals surface area contributed by atoms with Crippen LogP contribution in [-0.2, 0) is 16.4 Å². The van der Waals surface area contributed by atoms with Crippen LogP contribution in [-0.4, -0.2) is 20.9 Å². The second kappa shape index (κ2) is 7.99. The van der Waals surface area contributed by atoms with Crippen molar-refractivity contribution >= 4 is 61.8 Å². The molecule has 1 N–H and O–H groups in total. The molecule has 1 aliphatic heterocycles. The number of amides is 1. The van der Waals surface area contributed by atoms with Crippen molar-refractivity contribution in [3.05, 3.63) is 75.1 Å². The number of thiophene rings is 1. The molecular weight excluding hydrogens is 451 g/mol. The topological polar surface area (TPSA) is 66.5 Å². The van der Waals surface area contributed by atoms with E-state index in [0.717, 1.165) is 18.4 Å². The number of halogens is 2. The minimum atomic E-state index is -3.63. The number of aryl methyl sites for hydroxylation is 1. The number of hydrogen-bond acceptors (Lipinski definition) is 4. The molecule has 9 heteroatoms. The van der Waals surface area contributed by atoms with Gasteiger partial charge >= 0.3 is 0 Å². The Balaban J connectivity index is 1.65. The van der Waals surface area contributed by atoms with E-state index >= 15 is 0 Å². The molecule has 0 aliphatic carbocycles. The maximum Gasteiger partial charge on any atom is 0.273 e. The Morgan fingerprint density at radius 1 is 1.07 bits per heavy atom. The van der Waals surface area contributed by atoms with E-state index < -0.39 is 10.0 Å². The zero-order chi connectivity index (χ0) is 20.6. The van der Waals surface area contributed by atoms with Crippen LogP contribution >= 0.6 is 34.5 Å². The normalized spacial score (nSPS) is 13.8. The highest BCUT2D eigenvalue weighted by Crippen LogP contribution is 2.35. The van der Waals surface area contributed by atoms with Crippen LogP contribution in [0.15, 0.2) is 58.1 Å². The summed E-state index contributed by atoms with van der Waals surface area (Å²) in [5.41, 5.74) is 2.40. The van der Waals surface area contributed by atoms with Gasteiger partial charge in [-0.15, -0.1) is 11.3 Å². The van der Waals surface area contributed by atoms with Gasteiger partial charge < -0.3 is 5.32 Å². The molecule has 2 heterocycles. The molecule has 0 spiro atoms. The van der Waals surface area contributed by atoms with E-state index in [2.05, 4.69) is 5.32 Å². The molecule has 0 saturated carbocycles. The van der Waals surface area contributed by atoms with Gasteiger partial charge in [-0.2, -0.15) is 0 Å². The van der Waals surface area contributed by atoms with E-state index in [1.807, 2.05) is 6.07 Å². The second-order valence-corrected chi connectivity index (χ2v) is 10.4. The molecule has 4 rings (SSSR count). The van der Waals surface area contributed by atoms with Crippen LogP contribution in [0.3, 0.4) is 0 Å². The molecule has 3 aromatic rings. The first-order chi connectivity index (χ1) is 13.9. The standard InChI is InChI=1S/C20H16Cl2N2O3S2/c21-16-8-6-14(11-17(16)22)20(25)23-15-7-5-13-3-1-9-24(18(13)12-15)29(26,27)19-4-2-10-28-19/h2,4-8,10-12H,1,3,9H2,(H,23,25). The van der Waals surface area contributed by atoms with Crippen molar-refractivity contribution < 1.29 is 13.2 Å². The van der Waals surface area contributed by atoms with Gasteiger partial charge in [0.2, 0.25) is 0 Å². The maximum absolute atomic E-state index is 13.1. The molecule has 0 fully saturated rings. The van der Waals surface area contributed by atoms with E-state index in [1.165, 1.54) is 21.7 Å². The van der Waals surface area contributed by atoms with Crippen LogP contribution in [0.4, 0.5) is 11.4 Å². The van der Waals surface area contributed by atoms with Crippen LogP contribution in [0.25, 0.3) is 0 Å². The predicted octanol–water partition coefficient (Wildman–Crippen LogP) is 5.45. The first-order valence-electron chi connectivity index (χ1n) is 8.82. The third-order valence-electron chi connectivity index (χ3n) is 4.64. The lowest BCUT2D eigenvalue weighted by Crippen LogP contribution is -2.35. The molecule has 2 aromatic carbocycles. The molecule has 0 unspecified atom stereocenters. The first kappa shape index (κ1) is 20.2. The van der Waals surface area contributed by atoms with Crippen molar-refractivity contribution in [1.29, 1.82) is 0 Å². The number of carbonyl (C=O) groups excluding carboxylic acids is 1. The van der Waals surface area contributed by atoms with E-state index in [9.17, 15) is 13.2 Å². The van der Waals surface area contributed by atoms with Crippen LogP contribution < -0.4 is 9.62 Å². The molecule has 1 aliphatic rings. The maximum atomic E-state index is 13.1. The number of benzene rings is 2. The average Bonchev–Trinajstić information content (AvgIpc) is 3.25. The van der Waals surface area contributed by atoms with Gasteiger partial charge in [0.1, 0.15) is 4.21 Å². The molecule has 150 valence electrons. The van der Waals surface area contributed by atoms with E-state index in [0.29, 0.717) is 32.7 Å². The smallest absolute Gasteiger partial charge is 0.273 e. The molecule has 5 nitrogen and oxygen atoms in total. The van der Waals surface area contributed by atoms with E-state index in [-0.39, 0.29) is 10.9 Å². The molecule has 1 amide bonds. The summed E-state index contributed by atoms with van der Waals surface area (Å²) >= 11 is 13.1. The van der Waals surface area contributed by atoms with E-state index in [4.69, 9.17) is 23.2 Å². The fraction of sp³-hybridized carbons (Fsp3) is 0.150. The Morgan fingerprint density at radius 3 is 2.62 bits per heavy atom. The zero-order valence-electron chi connectivity index (χ0n) is 15.1. The Morgan fingerprint density at radius 2 is 1.90 bits per heavy atom. The number of sulfonamides is 1. The molecule has 0 bridgehead atoms. The SMILES string of the molecule is O=C(Nc1ccc2c(c1)N(S(=O)(=O)c1cccs1)CCC2)c1ccc(Cl)c(Cl)c1. The Hall–Kier alpha value is -2.06. The predicted molar refractivity (Wildman–Crippen MR) is 118 cm³/mol. The molecular formula is C20H16Cl2N2O3S2. The zero-order valence-corrected chi connectivity index (χ0v) is 18.2. The van der Waals surface area contributed by atoms with Crippen LogP contribution in [0.1, 0.15) is 22.3 Å². The lowest BCUT2D eigenvalue weighted by Gasteiger charge is -2.30. The monoisotopic (exact) mass is 466 g/mol.